The number of carboxylic acids is 1. The van der Waals surface area contributed by atoms with Gasteiger partial charge in [0.1, 0.15) is 17.5 Å². The minimum atomic E-state index is -0.887. The van der Waals surface area contributed by atoms with Crippen molar-refractivity contribution in [3.05, 3.63) is 57.0 Å². The second kappa shape index (κ2) is 12.7. The molecule has 8 heteroatoms. The molecule has 0 aliphatic carbocycles. The van der Waals surface area contributed by atoms with Crippen molar-refractivity contribution in [2.24, 2.45) is 11.1 Å². The van der Waals surface area contributed by atoms with Gasteiger partial charge >= 0.3 is 5.97 Å². The molecule has 32 heavy (non-hydrogen) atoms. The summed E-state index contributed by atoms with van der Waals surface area (Å²) in [5.41, 5.74) is 1.93. The maximum absolute atomic E-state index is 11.3. The number of phenols is 1. The van der Waals surface area contributed by atoms with Crippen molar-refractivity contribution in [1.82, 2.24) is 0 Å². The first-order chi connectivity index (χ1) is 15.3. The predicted molar refractivity (Wildman–Crippen MR) is 129 cm³/mol. The Balaban J connectivity index is 1.97. The Labute approximate surface area is 198 Å². The van der Waals surface area contributed by atoms with Crippen molar-refractivity contribution < 1.29 is 19.7 Å². The minimum Gasteiger partial charge on any atom is -0.507 e. The molecule has 0 radical (unpaired) electrons. The molecule has 0 bridgehead atoms. The molecular weight excluding hydrogens is 450 g/mol. The molecule has 0 aromatic heterocycles. The molecule has 6 nitrogen and oxygen atoms in total. The molecule has 0 saturated heterocycles. The fraction of sp³-hybridized carbons (Fsp3) is 0.458. The van der Waals surface area contributed by atoms with Gasteiger partial charge in [-0.25, -0.2) is 0 Å². The van der Waals surface area contributed by atoms with E-state index in [1.807, 2.05) is 32.9 Å². The third-order valence-corrected chi connectivity index (χ3v) is 6.57. The molecule has 0 fully saturated rings. The molecule has 0 amide bonds. The third kappa shape index (κ3) is 7.14. The maximum atomic E-state index is 11.3. The third-order valence-electron chi connectivity index (χ3n) is 4.99. The van der Waals surface area contributed by atoms with Gasteiger partial charge in [0.05, 0.1) is 18.1 Å². The summed E-state index contributed by atoms with van der Waals surface area (Å²) in [7, 11) is 0. The number of aromatic hydroxyl groups is 1. The first kappa shape index (κ1) is 26.0. The highest BCUT2D eigenvalue weighted by atomic mass is 35.5. The average Bonchev–Trinajstić information content (AvgIpc) is 2.72. The van der Waals surface area contributed by atoms with E-state index < -0.39 is 12.0 Å². The van der Waals surface area contributed by atoms with Gasteiger partial charge < -0.3 is 14.9 Å². The SMILES string of the molecule is CCCc1c(OCCCSc2ccc(CC(=O)O)cc2Cl)ccc(C(N=O)C(C)C)c1O. The van der Waals surface area contributed by atoms with Crippen molar-refractivity contribution in [2.75, 3.05) is 12.4 Å². The summed E-state index contributed by atoms with van der Waals surface area (Å²) in [6, 6.07) is 8.25. The largest absolute Gasteiger partial charge is 0.507 e. The van der Waals surface area contributed by atoms with E-state index in [2.05, 4.69) is 5.18 Å². The highest BCUT2D eigenvalue weighted by Gasteiger charge is 2.23. The molecule has 2 rings (SSSR count). The molecule has 0 aliphatic rings. The van der Waals surface area contributed by atoms with Gasteiger partial charge in [0.15, 0.2) is 0 Å². The highest BCUT2D eigenvalue weighted by molar-refractivity contribution is 7.99. The van der Waals surface area contributed by atoms with Gasteiger partial charge in [0.25, 0.3) is 0 Å². The van der Waals surface area contributed by atoms with Crippen LogP contribution < -0.4 is 4.74 Å². The van der Waals surface area contributed by atoms with E-state index in [9.17, 15) is 14.8 Å². The number of nitroso groups, excluding NO2 is 1. The van der Waals surface area contributed by atoms with Crippen molar-refractivity contribution in [3.63, 3.8) is 0 Å². The van der Waals surface area contributed by atoms with Crippen LogP contribution in [0.5, 0.6) is 11.5 Å². The van der Waals surface area contributed by atoms with E-state index in [1.165, 1.54) is 0 Å². The van der Waals surface area contributed by atoms with E-state index in [4.69, 9.17) is 21.4 Å². The average molecular weight is 480 g/mol. The van der Waals surface area contributed by atoms with Crippen LogP contribution in [0.2, 0.25) is 5.02 Å². The number of carboxylic acid groups (broad SMARTS) is 1. The summed E-state index contributed by atoms with van der Waals surface area (Å²) in [5, 5.41) is 23.4. The standard InChI is InChI=1S/C24H30ClNO5S/c1-4-6-17-20(9-8-18(24(17)29)23(26-30)15(2)3)31-11-5-12-32-21-10-7-16(13-19(21)25)14-22(27)28/h7-10,13,15,23,29H,4-6,11-12,14H2,1-3H3,(H,27,28). The molecule has 2 aromatic carbocycles. The van der Waals surface area contributed by atoms with Crippen molar-refractivity contribution in [1.29, 1.82) is 0 Å². The van der Waals surface area contributed by atoms with Crippen LogP contribution in [0.25, 0.3) is 0 Å². The number of carbonyl (C=O) groups is 1. The molecule has 0 heterocycles. The second-order valence-electron chi connectivity index (χ2n) is 7.91. The van der Waals surface area contributed by atoms with Crippen molar-refractivity contribution in [3.8, 4) is 11.5 Å². The van der Waals surface area contributed by atoms with Crippen LogP contribution >= 0.6 is 23.4 Å². The summed E-state index contributed by atoms with van der Waals surface area (Å²) in [6.07, 6.45) is 2.19. The summed E-state index contributed by atoms with van der Waals surface area (Å²) in [5.74, 6) is 0.604. The Morgan fingerprint density at radius 2 is 2.00 bits per heavy atom. The maximum Gasteiger partial charge on any atom is 0.307 e. The van der Waals surface area contributed by atoms with Gasteiger partial charge in [-0.2, -0.15) is 4.91 Å². The van der Waals surface area contributed by atoms with Crippen molar-refractivity contribution >= 4 is 29.3 Å². The van der Waals surface area contributed by atoms with Crippen LogP contribution in [-0.2, 0) is 17.6 Å². The number of nitrogens with zero attached hydrogens (tertiary/aromatic N) is 1. The second-order valence-corrected chi connectivity index (χ2v) is 9.45. The number of ether oxygens (including phenoxy) is 1. The number of benzene rings is 2. The van der Waals surface area contributed by atoms with Gasteiger partial charge in [-0.3, -0.25) is 4.79 Å². The van der Waals surface area contributed by atoms with E-state index in [1.54, 1.807) is 30.0 Å². The van der Waals surface area contributed by atoms with Gasteiger partial charge in [0.2, 0.25) is 0 Å². The zero-order valence-electron chi connectivity index (χ0n) is 18.6. The van der Waals surface area contributed by atoms with Crippen molar-refractivity contribution in [2.45, 2.75) is 57.4 Å². The van der Waals surface area contributed by atoms with Gasteiger partial charge in [-0.05, 0) is 48.6 Å². The van der Waals surface area contributed by atoms with E-state index in [-0.39, 0.29) is 18.1 Å². The molecule has 2 aromatic rings. The van der Waals surface area contributed by atoms with Gasteiger partial charge in [0, 0.05) is 21.8 Å². The Kier molecular flexibility index (Phi) is 10.3. The fourth-order valence-corrected chi connectivity index (χ4v) is 4.62. The molecule has 0 spiro atoms. The topological polar surface area (TPSA) is 96.2 Å². The lowest BCUT2D eigenvalue weighted by molar-refractivity contribution is -0.136. The molecule has 0 aliphatic heterocycles. The molecular formula is C24H30ClNO5S. The van der Waals surface area contributed by atoms with Crippen LogP contribution in [0.1, 0.15) is 56.3 Å². The first-order valence-electron chi connectivity index (χ1n) is 10.7. The Hall–Kier alpha value is -2.25. The van der Waals surface area contributed by atoms with Crippen LogP contribution in [0.15, 0.2) is 40.4 Å². The highest BCUT2D eigenvalue weighted by Crippen LogP contribution is 2.39. The molecule has 174 valence electrons. The predicted octanol–water partition coefficient (Wildman–Crippen LogP) is 6.65. The quantitative estimate of drug-likeness (QED) is 0.189. The Morgan fingerprint density at radius 3 is 2.59 bits per heavy atom. The normalized spacial score (nSPS) is 12.0. The first-order valence-corrected chi connectivity index (χ1v) is 12.1. The molecule has 1 atom stereocenters. The number of halogens is 1. The zero-order chi connectivity index (χ0) is 23.7. The van der Waals surface area contributed by atoms with E-state index >= 15 is 0 Å². The van der Waals surface area contributed by atoms with Crippen LogP contribution in [0.4, 0.5) is 0 Å². The van der Waals surface area contributed by atoms with Crippen LogP contribution in [-0.4, -0.2) is 28.5 Å². The Morgan fingerprint density at radius 1 is 1.25 bits per heavy atom. The lowest BCUT2D eigenvalue weighted by Crippen LogP contribution is -2.07. The minimum absolute atomic E-state index is 0.0123. The fourth-order valence-electron chi connectivity index (χ4n) is 3.41. The number of aliphatic carboxylic acids is 1. The zero-order valence-corrected chi connectivity index (χ0v) is 20.2. The van der Waals surface area contributed by atoms with Gasteiger partial charge in [-0.15, -0.1) is 11.8 Å². The van der Waals surface area contributed by atoms with Crippen LogP contribution in [0.3, 0.4) is 0 Å². The number of thioether (sulfide) groups is 1. The number of phenolic OH excluding ortho intramolecular Hbond substituents is 1. The number of hydrogen-bond donors (Lipinski definition) is 2. The smallest absolute Gasteiger partial charge is 0.307 e. The van der Waals surface area contributed by atoms with E-state index in [0.29, 0.717) is 40.5 Å². The monoisotopic (exact) mass is 479 g/mol. The lowest BCUT2D eigenvalue weighted by Gasteiger charge is -2.19. The summed E-state index contributed by atoms with van der Waals surface area (Å²) < 4.78 is 5.95. The number of hydrogen-bond acceptors (Lipinski definition) is 6. The van der Waals surface area contributed by atoms with E-state index in [0.717, 1.165) is 23.5 Å². The molecule has 2 N–H and O–H groups in total. The molecule has 1 unspecified atom stereocenters. The summed E-state index contributed by atoms with van der Waals surface area (Å²) in [4.78, 5) is 23.0. The van der Waals surface area contributed by atoms with Gasteiger partial charge in [-0.1, -0.05) is 50.0 Å². The summed E-state index contributed by atoms with van der Waals surface area (Å²) in [6.45, 7) is 6.30. The number of rotatable bonds is 13. The molecule has 0 saturated carbocycles. The lowest BCUT2D eigenvalue weighted by atomic mass is 9.93. The van der Waals surface area contributed by atoms with Crippen LogP contribution in [0, 0.1) is 10.8 Å². The summed E-state index contributed by atoms with van der Waals surface area (Å²) >= 11 is 7.85. The Bertz CT molecular complexity index is 935.